The van der Waals surface area contributed by atoms with Gasteiger partial charge in [0.2, 0.25) is 0 Å². The van der Waals surface area contributed by atoms with Crippen molar-refractivity contribution in [1.29, 1.82) is 0 Å². The van der Waals surface area contributed by atoms with Crippen molar-refractivity contribution >= 4 is 22.5 Å². The highest BCUT2D eigenvalue weighted by Gasteiger charge is 2.29. The molecule has 0 radical (unpaired) electrons. The third-order valence-corrected chi connectivity index (χ3v) is 5.44. The van der Waals surface area contributed by atoms with Crippen LogP contribution in [0.15, 0.2) is 65.8 Å². The van der Waals surface area contributed by atoms with Crippen molar-refractivity contribution in [3.63, 3.8) is 0 Å². The molecule has 2 atom stereocenters. The Labute approximate surface area is 127 Å². The van der Waals surface area contributed by atoms with Gasteiger partial charge in [0.1, 0.15) is 0 Å². The van der Waals surface area contributed by atoms with Gasteiger partial charge in [-0.3, -0.25) is 4.98 Å². The van der Waals surface area contributed by atoms with Gasteiger partial charge in [-0.05, 0) is 35.1 Å². The predicted molar refractivity (Wildman–Crippen MR) is 86.5 cm³/mol. The zero-order valence-electron chi connectivity index (χ0n) is 11.4. The fraction of sp³-hybridized carbons (Fsp3) is 0.167. The number of aromatic nitrogens is 1. The monoisotopic (exact) mass is 293 g/mol. The van der Waals surface area contributed by atoms with Crippen LogP contribution in [0.2, 0.25) is 0 Å². The summed E-state index contributed by atoms with van der Waals surface area (Å²) in [5.74, 6) is 0. The van der Waals surface area contributed by atoms with E-state index in [0.717, 1.165) is 22.8 Å². The molecular weight excluding hydrogens is 278 g/mol. The van der Waals surface area contributed by atoms with Crippen LogP contribution in [0.3, 0.4) is 0 Å². The van der Waals surface area contributed by atoms with Gasteiger partial charge in [-0.25, -0.2) is 0 Å². The normalized spacial score (nSPS) is 18.6. The second-order valence-corrected chi connectivity index (χ2v) is 6.64. The van der Waals surface area contributed by atoms with Crippen LogP contribution in [-0.4, -0.2) is 15.3 Å². The summed E-state index contributed by atoms with van der Waals surface area (Å²) in [5.41, 5.74) is 2.34. The summed E-state index contributed by atoms with van der Waals surface area (Å²) in [5, 5.41) is 13.2. The zero-order chi connectivity index (χ0) is 14.2. The van der Waals surface area contributed by atoms with Crippen molar-refractivity contribution in [2.24, 2.45) is 0 Å². The van der Waals surface area contributed by atoms with Gasteiger partial charge in [0.15, 0.2) is 0 Å². The molecule has 21 heavy (non-hydrogen) atoms. The molecule has 0 saturated carbocycles. The Balaban J connectivity index is 1.71. The number of nitrogens with zero attached hydrogens (tertiary/aromatic N) is 1. The van der Waals surface area contributed by atoms with Gasteiger partial charge in [-0.1, -0.05) is 36.4 Å². The molecule has 1 aliphatic rings. The molecule has 1 N–H and O–H groups in total. The number of hydrogen-bond acceptors (Lipinski definition) is 3. The third-order valence-electron chi connectivity index (χ3n) is 4.06. The van der Waals surface area contributed by atoms with Gasteiger partial charge >= 0.3 is 0 Å². The summed E-state index contributed by atoms with van der Waals surface area (Å²) in [7, 11) is 0. The first-order valence-corrected chi connectivity index (χ1v) is 7.96. The highest BCUT2D eigenvalue weighted by molar-refractivity contribution is 8.00. The van der Waals surface area contributed by atoms with Crippen LogP contribution in [-0.2, 0) is 6.42 Å². The minimum atomic E-state index is -0.464. The average molecular weight is 293 g/mol. The van der Waals surface area contributed by atoms with Gasteiger partial charge in [-0.2, -0.15) is 0 Å². The largest absolute Gasteiger partial charge is 0.387 e. The van der Waals surface area contributed by atoms with Crippen LogP contribution in [0.1, 0.15) is 17.2 Å². The van der Waals surface area contributed by atoms with E-state index in [4.69, 9.17) is 0 Å². The Bertz CT molecular complexity index is 772. The van der Waals surface area contributed by atoms with E-state index in [9.17, 15) is 5.11 Å². The molecule has 104 valence electrons. The molecule has 0 amide bonds. The molecule has 0 spiro atoms. The fourth-order valence-corrected chi connectivity index (χ4v) is 4.32. The molecule has 2 heterocycles. The lowest BCUT2D eigenvalue weighted by atomic mass is 9.97. The van der Waals surface area contributed by atoms with Crippen LogP contribution < -0.4 is 0 Å². The molecule has 1 aliphatic heterocycles. The van der Waals surface area contributed by atoms with Crippen molar-refractivity contribution in [2.45, 2.75) is 22.7 Å². The van der Waals surface area contributed by atoms with Gasteiger partial charge in [0, 0.05) is 27.9 Å². The quantitative estimate of drug-likeness (QED) is 0.775. The van der Waals surface area contributed by atoms with Gasteiger partial charge in [0.25, 0.3) is 0 Å². The number of benzene rings is 2. The first-order valence-electron chi connectivity index (χ1n) is 7.08. The Kier molecular flexibility index (Phi) is 3.17. The second-order valence-electron chi connectivity index (χ2n) is 5.36. The Morgan fingerprint density at radius 3 is 2.90 bits per heavy atom. The SMILES string of the molecule is OC(c1cccc2cnccc12)C1Cc2ccccc2S1. The van der Waals surface area contributed by atoms with E-state index in [1.54, 1.807) is 18.0 Å². The highest BCUT2D eigenvalue weighted by atomic mass is 32.2. The lowest BCUT2D eigenvalue weighted by molar-refractivity contribution is 0.176. The Morgan fingerprint density at radius 2 is 2.00 bits per heavy atom. The Hall–Kier alpha value is -1.84. The smallest absolute Gasteiger partial charge is 0.0921 e. The number of pyridine rings is 1. The number of aliphatic hydroxyl groups excluding tert-OH is 1. The summed E-state index contributed by atoms with van der Waals surface area (Å²) in [6.45, 7) is 0. The van der Waals surface area contributed by atoms with Crippen molar-refractivity contribution in [2.75, 3.05) is 0 Å². The molecule has 0 saturated heterocycles. The van der Waals surface area contributed by atoms with E-state index in [1.165, 1.54) is 10.5 Å². The summed E-state index contributed by atoms with van der Waals surface area (Å²) in [4.78, 5) is 5.45. The van der Waals surface area contributed by atoms with Gasteiger partial charge in [-0.15, -0.1) is 11.8 Å². The molecule has 2 nitrogen and oxygen atoms in total. The van der Waals surface area contributed by atoms with Crippen molar-refractivity contribution < 1.29 is 5.11 Å². The zero-order valence-corrected chi connectivity index (χ0v) is 12.3. The average Bonchev–Trinajstić information content (AvgIpc) is 2.97. The van der Waals surface area contributed by atoms with E-state index in [0.29, 0.717) is 0 Å². The molecule has 0 fully saturated rings. The maximum Gasteiger partial charge on any atom is 0.0921 e. The van der Waals surface area contributed by atoms with Crippen molar-refractivity contribution in [3.05, 3.63) is 72.1 Å². The van der Waals surface area contributed by atoms with Crippen LogP contribution in [0.5, 0.6) is 0 Å². The maximum absolute atomic E-state index is 10.8. The standard InChI is InChI=1S/C18H15NOS/c20-18(17-10-12-4-1-2-7-16(12)21-17)15-6-3-5-13-11-19-9-8-14(13)15/h1-9,11,17-18,20H,10H2. The summed E-state index contributed by atoms with van der Waals surface area (Å²) in [6.07, 6.45) is 4.09. The Morgan fingerprint density at radius 1 is 1.10 bits per heavy atom. The number of thioether (sulfide) groups is 1. The molecule has 1 aromatic heterocycles. The minimum Gasteiger partial charge on any atom is -0.387 e. The molecular formula is C18H15NOS. The number of hydrogen-bond donors (Lipinski definition) is 1. The first kappa shape index (κ1) is 12.9. The van der Waals surface area contributed by atoms with E-state index >= 15 is 0 Å². The molecule has 0 bridgehead atoms. The third kappa shape index (κ3) is 2.23. The lowest BCUT2D eigenvalue weighted by Gasteiger charge is -2.19. The minimum absolute atomic E-state index is 0.182. The fourth-order valence-electron chi connectivity index (χ4n) is 2.99. The summed E-state index contributed by atoms with van der Waals surface area (Å²) >= 11 is 1.78. The number of rotatable bonds is 2. The molecule has 2 aromatic carbocycles. The molecule has 3 heteroatoms. The maximum atomic E-state index is 10.8. The van der Waals surface area contributed by atoms with Crippen LogP contribution in [0, 0.1) is 0 Å². The number of fused-ring (bicyclic) bond motifs is 2. The highest BCUT2D eigenvalue weighted by Crippen LogP contribution is 2.43. The van der Waals surface area contributed by atoms with Crippen molar-refractivity contribution in [1.82, 2.24) is 4.98 Å². The summed E-state index contributed by atoms with van der Waals surface area (Å²) in [6, 6.07) is 16.5. The van der Waals surface area contributed by atoms with E-state index < -0.39 is 6.10 Å². The van der Waals surface area contributed by atoms with E-state index in [1.807, 2.05) is 30.5 Å². The number of aliphatic hydroxyl groups is 1. The van der Waals surface area contributed by atoms with Crippen LogP contribution in [0.25, 0.3) is 10.8 Å². The van der Waals surface area contributed by atoms with Crippen LogP contribution in [0.4, 0.5) is 0 Å². The van der Waals surface area contributed by atoms with Crippen LogP contribution >= 0.6 is 11.8 Å². The van der Waals surface area contributed by atoms with Crippen molar-refractivity contribution in [3.8, 4) is 0 Å². The van der Waals surface area contributed by atoms with E-state index in [2.05, 4.69) is 29.2 Å². The molecule has 2 unspecified atom stereocenters. The first-order chi connectivity index (χ1) is 10.3. The molecule has 3 aromatic rings. The lowest BCUT2D eigenvalue weighted by Crippen LogP contribution is -2.14. The second kappa shape index (κ2) is 5.17. The van der Waals surface area contributed by atoms with Gasteiger partial charge < -0.3 is 5.11 Å². The molecule has 0 aliphatic carbocycles. The van der Waals surface area contributed by atoms with Gasteiger partial charge in [0.05, 0.1) is 6.10 Å². The predicted octanol–water partition coefficient (Wildman–Crippen LogP) is 3.99. The topological polar surface area (TPSA) is 33.1 Å². The summed E-state index contributed by atoms with van der Waals surface area (Å²) < 4.78 is 0. The molecule has 4 rings (SSSR count). The van der Waals surface area contributed by atoms with E-state index in [-0.39, 0.29) is 5.25 Å².